The Balaban J connectivity index is 3.16. The van der Waals surface area contributed by atoms with Gasteiger partial charge in [-0.05, 0) is 6.92 Å². The summed E-state index contributed by atoms with van der Waals surface area (Å²) in [6, 6.07) is 0. The van der Waals surface area contributed by atoms with E-state index in [9.17, 15) is 9.90 Å². The molecule has 1 fully saturated rings. The monoisotopic (exact) mass is 234 g/mol. The summed E-state index contributed by atoms with van der Waals surface area (Å²) in [6.45, 7) is 3.11. The molecule has 1 aliphatic rings. The maximum atomic E-state index is 11.7. The fraction of sp³-hybridized carbons (Fsp3) is 0.900. The van der Waals surface area contributed by atoms with Crippen molar-refractivity contribution in [2.75, 3.05) is 21.3 Å². The minimum absolute atomic E-state index is 0.602. The lowest BCUT2D eigenvalue weighted by molar-refractivity contribution is -0.287. The molecule has 0 radical (unpaired) electrons. The zero-order chi connectivity index (χ0) is 12.6. The van der Waals surface area contributed by atoms with E-state index in [-0.39, 0.29) is 0 Å². The Hall–Kier alpha value is -0.690. The smallest absolute Gasteiger partial charge is 0.344 e. The van der Waals surface area contributed by atoms with Crippen molar-refractivity contribution in [2.24, 2.45) is 5.92 Å². The highest BCUT2D eigenvalue weighted by molar-refractivity contribution is 5.81. The van der Waals surface area contributed by atoms with Crippen LogP contribution in [0.4, 0.5) is 0 Å². The molecule has 1 N–H and O–H groups in total. The van der Waals surface area contributed by atoms with Gasteiger partial charge in [0.15, 0.2) is 6.29 Å². The van der Waals surface area contributed by atoms with Gasteiger partial charge in [-0.3, -0.25) is 0 Å². The van der Waals surface area contributed by atoms with Crippen LogP contribution in [0.2, 0.25) is 0 Å². The number of carbonyl (C=O) groups excluding carboxylic acids is 1. The molecule has 94 valence electrons. The van der Waals surface area contributed by atoms with Crippen LogP contribution in [0.1, 0.15) is 13.8 Å². The third-order valence-electron chi connectivity index (χ3n) is 3.22. The van der Waals surface area contributed by atoms with Crippen LogP contribution in [0.25, 0.3) is 0 Å². The van der Waals surface area contributed by atoms with Crippen LogP contribution in [-0.2, 0) is 23.7 Å². The SMILES string of the molecule is COC(=O)[C@@]1(O)C(C)C(OC)OC1(C)OC. The molecule has 6 heteroatoms. The molecule has 0 aromatic carbocycles. The Bertz CT molecular complexity index is 280. The first kappa shape index (κ1) is 13.4. The number of ether oxygens (including phenoxy) is 4. The highest BCUT2D eigenvalue weighted by atomic mass is 16.8. The van der Waals surface area contributed by atoms with E-state index in [1.165, 1.54) is 28.3 Å². The molecule has 6 nitrogen and oxygen atoms in total. The van der Waals surface area contributed by atoms with Gasteiger partial charge in [0.1, 0.15) is 0 Å². The lowest BCUT2D eigenvalue weighted by Crippen LogP contribution is -2.59. The molecule has 3 unspecified atom stereocenters. The number of aliphatic hydroxyl groups is 1. The molecule has 1 aliphatic heterocycles. The van der Waals surface area contributed by atoms with E-state index in [0.29, 0.717) is 0 Å². The Kier molecular flexibility index (Phi) is 3.59. The molecule has 0 amide bonds. The Morgan fingerprint density at radius 3 is 2.31 bits per heavy atom. The lowest BCUT2D eigenvalue weighted by atomic mass is 9.84. The van der Waals surface area contributed by atoms with E-state index in [2.05, 4.69) is 4.74 Å². The summed E-state index contributed by atoms with van der Waals surface area (Å²) >= 11 is 0. The summed E-state index contributed by atoms with van der Waals surface area (Å²) in [7, 11) is 3.97. The zero-order valence-electron chi connectivity index (χ0n) is 10.1. The van der Waals surface area contributed by atoms with Crippen LogP contribution in [0.15, 0.2) is 0 Å². The second-order valence-electron chi connectivity index (χ2n) is 3.92. The normalized spacial score (nSPS) is 43.4. The van der Waals surface area contributed by atoms with Gasteiger partial charge in [0.05, 0.1) is 13.0 Å². The number of esters is 1. The second-order valence-corrected chi connectivity index (χ2v) is 3.92. The summed E-state index contributed by atoms with van der Waals surface area (Å²) in [6.07, 6.45) is -0.728. The standard InChI is InChI=1S/C10H18O6/c1-6-7(13-3)16-9(2,15-5)10(6,12)8(11)14-4/h6-7,12H,1-5H3/t6?,7?,9?,10-/m0/s1. The highest BCUT2D eigenvalue weighted by Crippen LogP contribution is 2.45. The van der Waals surface area contributed by atoms with E-state index < -0.39 is 29.6 Å². The molecule has 1 rings (SSSR count). The molecular formula is C10H18O6. The number of carbonyl (C=O) groups is 1. The average molecular weight is 234 g/mol. The van der Waals surface area contributed by atoms with Crippen LogP contribution in [-0.4, -0.2) is 50.1 Å². The number of methoxy groups -OCH3 is 3. The summed E-state index contributed by atoms with van der Waals surface area (Å²) in [4.78, 5) is 11.7. The van der Waals surface area contributed by atoms with Crippen LogP contribution in [0.3, 0.4) is 0 Å². The molecule has 0 aromatic heterocycles. The summed E-state index contributed by atoms with van der Waals surface area (Å²) < 4.78 is 20.1. The van der Waals surface area contributed by atoms with E-state index in [1.807, 2.05) is 0 Å². The molecule has 0 aliphatic carbocycles. The van der Waals surface area contributed by atoms with Crippen molar-refractivity contribution >= 4 is 5.97 Å². The number of rotatable bonds is 3. The predicted octanol–water partition coefficient (Wildman–Crippen LogP) is -0.108. The van der Waals surface area contributed by atoms with Crippen LogP contribution < -0.4 is 0 Å². The van der Waals surface area contributed by atoms with Gasteiger partial charge < -0.3 is 24.1 Å². The Labute approximate surface area is 94.4 Å². The van der Waals surface area contributed by atoms with Gasteiger partial charge in [0, 0.05) is 14.2 Å². The summed E-state index contributed by atoms with van der Waals surface area (Å²) in [5.41, 5.74) is -1.89. The zero-order valence-corrected chi connectivity index (χ0v) is 10.1. The highest BCUT2D eigenvalue weighted by Gasteiger charge is 2.67. The lowest BCUT2D eigenvalue weighted by Gasteiger charge is -2.35. The maximum Gasteiger partial charge on any atom is 0.344 e. The van der Waals surface area contributed by atoms with Gasteiger partial charge in [0.2, 0.25) is 11.4 Å². The predicted molar refractivity (Wildman–Crippen MR) is 53.4 cm³/mol. The molecular weight excluding hydrogens is 216 g/mol. The van der Waals surface area contributed by atoms with Gasteiger partial charge in [-0.2, -0.15) is 0 Å². The van der Waals surface area contributed by atoms with Crippen molar-refractivity contribution in [1.29, 1.82) is 0 Å². The van der Waals surface area contributed by atoms with Crippen molar-refractivity contribution in [3.8, 4) is 0 Å². The topological polar surface area (TPSA) is 74.2 Å². The molecule has 0 aromatic rings. The molecule has 0 saturated carbocycles. The van der Waals surface area contributed by atoms with Crippen molar-refractivity contribution in [1.82, 2.24) is 0 Å². The first-order valence-electron chi connectivity index (χ1n) is 4.94. The van der Waals surface area contributed by atoms with Crippen molar-refractivity contribution in [3.63, 3.8) is 0 Å². The van der Waals surface area contributed by atoms with E-state index in [0.717, 1.165) is 0 Å². The fourth-order valence-electron chi connectivity index (χ4n) is 2.01. The van der Waals surface area contributed by atoms with E-state index in [4.69, 9.17) is 14.2 Å². The number of hydrogen-bond donors (Lipinski definition) is 1. The average Bonchev–Trinajstić information content (AvgIpc) is 2.50. The van der Waals surface area contributed by atoms with Crippen molar-refractivity contribution in [3.05, 3.63) is 0 Å². The van der Waals surface area contributed by atoms with Gasteiger partial charge in [-0.15, -0.1) is 0 Å². The van der Waals surface area contributed by atoms with E-state index >= 15 is 0 Å². The van der Waals surface area contributed by atoms with Crippen molar-refractivity contribution < 1.29 is 28.8 Å². The van der Waals surface area contributed by atoms with Crippen LogP contribution in [0.5, 0.6) is 0 Å². The van der Waals surface area contributed by atoms with Crippen LogP contribution in [0, 0.1) is 5.92 Å². The molecule has 0 bridgehead atoms. The summed E-state index contributed by atoms with van der Waals surface area (Å²) in [5, 5.41) is 10.4. The van der Waals surface area contributed by atoms with Crippen LogP contribution >= 0.6 is 0 Å². The molecule has 4 atom stereocenters. The van der Waals surface area contributed by atoms with Gasteiger partial charge in [0.25, 0.3) is 0 Å². The second kappa shape index (κ2) is 4.29. The quantitative estimate of drug-likeness (QED) is 0.687. The minimum atomic E-state index is -1.89. The third-order valence-corrected chi connectivity index (χ3v) is 3.22. The maximum absolute atomic E-state index is 11.7. The minimum Gasteiger partial charge on any atom is -0.467 e. The van der Waals surface area contributed by atoms with Gasteiger partial charge in [-0.1, -0.05) is 6.92 Å². The Morgan fingerprint density at radius 2 is 1.94 bits per heavy atom. The number of hydrogen-bond acceptors (Lipinski definition) is 6. The first-order chi connectivity index (χ1) is 7.37. The van der Waals surface area contributed by atoms with Gasteiger partial charge in [-0.25, -0.2) is 4.79 Å². The third kappa shape index (κ3) is 1.53. The molecule has 0 spiro atoms. The fourth-order valence-corrected chi connectivity index (χ4v) is 2.01. The van der Waals surface area contributed by atoms with Gasteiger partial charge >= 0.3 is 5.97 Å². The molecule has 16 heavy (non-hydrogen) atoms. The van der Waals surface area contributed by atoms with E-state index in [1.54, 1.807) is 6.92 Å². The molecule has 1 heterocycles. The Morgan fingerprint density at radius 1 is 1.38 bits per heavy atom. The first-order valence-corrected chi connectivity index (χ1v) is 4.94. The molecule has 1 saturated heterocycles. The summed E-state index contributed by atoms with van der Waals surface area (Å²) in [5.74, 6) is -2.89. The van der Waals surface area contributed by atoms with Crippen molar-refractivity contribution in [2.45, 2.75) is 31.5 Å². The largest absolute Gasteiger partial charge is 0.467 e.